The minimum Gasteiger partial charge on any atom is -0.368 e. The summed E-state index contributed by atoms with van der Waals surface area (Å²) in [6.45, 7) is 4.81. The number of guanidine groups is 1. The molecule has 30 heavy (non-hydrogen) atoms. The molecule has 1 amide bonds. The van der Waals surface area contributed by atoms with Gasteiger partial charge in [0, 0.05) is 51.1 Å². The van der Waals surface area contributed by atoms with Gasteiger partial charge in [0.15, 0.2) is 5.96 Å². The SMILES string of the molecule is CN=C(NCc1cccc(NC(=O)CN(C)C)c1)N1CCN(c2ccccc2)CC1. The Labute approximate surface area is 179 Å². The van der Waals surface area contributed by atoms with Crippen LogP contribution in [0.25, 0.3) is 0 Å². The van der Waals surface area contributed by atoms with Crippen molar-refractivity contribution >= 4 is 23.2 Å². The van der Waals surface area contributed by atoms with Crippen molar-refractivity contribution in [2.75, 3.05) is 64.1 Å². The number of anilines is 2. The predicted octanol–water partition coefficient (Wildman–Crippen LogP) is 2.08. The number of carbonyl (C=O) groups excluding carboxylic acids is 1. The van der Waals surface area contributed by atoms with E-state index in [9.17, 15) is 4.79 Å². The number of amides is 1. The second-order valence-corrected chi connectivity index (χ2v) is 7.70. The molecular formula is C23H32N6O. The van der Waals surface area contributed by atoms with Gasteiger partial charge in [0.05, 0.1) is 6.54 Å². The molecule has 3 rings (SSSR count). The molecule has 1 fully saturated rings. The van der Waals surface area contributed by atoms with E-state index in [0.29, 0.717) is 13.1 Å². The van der Waals surface area contributed by atoms with Crippen molar-refractivity contribution in [1.29, 1.82) is 0 Å². The Morgan fingerprint density at radius 1 is 1.03 bits per heavy atom. The maximum atomic E-state index is 12.0. The second kappa shape index (κ2) is 10.6. The fraction of sp³-hybridized carbons (Fsp3) is 0.391. The zero-order valence-electron chi connectivity index (χ0n) is 18.1. The van der Waals surface area contributed by atoms with Gasteiger partial charge in [0.25, 0.3) is 0 Å². The fourth-order valence-electron chi connectivity index (χ4n) is 3.58. The maximum absolute atomic E-state index is 12.0. The van der Waals surface area contributed by atoms with Crippen LogP contribution in [0.2, 0.25) is 0 Å². The van der Waals surface area contributed by atoms with E-state index in [1.165, 1.54) is 5.69 Å². The zero-order valence-corrected chi connectivity index (χ0v) is 18.1. The average molecular weight is 409 g/mol. The summed E-state index contributed by atoms with van der Waals surface area (Å²) in [4.78, 5) is 23.0. The van der Waals surface area contributed by atoms with E-state index in [1.807, 2.05) is 50.3 Å². The molecule has 7 heteroatoms. The Morgan fingerprint density at radius 3 is 2.43 bits per heavy atom. The third kappa shape index (κ3) is 6.22. The van der Waals surface area contributed by atoms with Crippen molar-refractivity contribution in [3.63, 3.8) is 0 Å². The molecule has 0 unspecified atom stereocenters. The molecule has 0 aliphatic carbocycles. The van der Waals surface area contributed by atoms with Crippen molar-refractivity contribution in [3.8, 4) is 0 Å². The molecule has 2 N–H and O–H groups in total. The van der Waals surface area contributed by atoms with Gasteiger partial charge in [0.1, 0.15) is 0 Å². The maximum Gasteiger partial charge on any atom is 0.238 e. The van der Waals surface area contributed by atoms with Crippen LogP contribution in [0.5, 0.6) is 0 Å². The number of carbonyl (C=O) groups is 1. The highest BCUT2D eigenvalue weighted by atomic mass is 16.2. The van der Waals surface area contributed by atoms with Crippen LogP contribution in [0.3, 0.4) is 0 Å². The Morgan fingerprint density at radius 2 is 1.77 bits per heavy atom. The highest BCUT2D eigenvalue weighted by molar-refractivity contribution is 5.92. The highest BCUT2D eigenvalue weighted by Gasteiger charge is 2.19. The van der Waals surface area contributed by atoms with E-state index in [-0.39, 0.29) is 5.91 Å². The van der Waals surface area contributed by atoms with Crippen molar-refractivity contribution in [1.82, 2.24) is 15.1 Å². The summed E-state index contributed by atoms with van der Waals surface area (Å²) in [6.07, 6.45) is 0. The lowest BCUT2D eigenvalue weighted by molar-refractivity contribution is -0.116. The van der Waals surface area contributed by atoms with Crippen molar-refractivity contribution < 1.29 is 4.79 Å². The molecule has 0 radical (unpaired) electrons. The lowest BCUT2D eigenvalue weighted by atomic mass is 10.2. The van der Waals surface area contributed by atoms with Crippen LogP contribution in [0, 0.1) is 0 Å². The van der Waals surface area contributed by atoms with Gasteiger partial charge in [-0.1, -0.05) is 30.3 Å². The molecule has 0 spiro atoms. The summed E-state index contributed by atoms with van der Waals surface area (Å²) in [5.41, 5.74) is 3.18. The van der Waals surface area contributed by atoms with Crippen LogP contribution in [-0.2, 0) is 11.3 Å². The summed E-state index contributed by atoms with van der Waals surface area (Å²) >= 11 is 0. The summed E-state index contributed by atoms with van der Waals surface area (Å²) < 4.78 is 0. The quantitative estimate of drug-likeness (QED) is 0.566. The van der Waals surface area contributed by atoms with E-state index >= 15 is 0 Å². The van der Waals surface area contributed by atoms with E-state index in [0.717, 1.165) is 43.4 Å². The second-order valence-electron chi connectivity index (χ2n) is 7.70. The largest absolute Gasteiger partial charge is 0.368 e. The molecule has 0 saturated carbocycles. The summed E-state index contributed by atoms with van der Waals surface area (Å²) in [5, 5.41) is 6.40. The van der Waals surface area contributed by atoms with Crippen LogP contribution in [-0.4, -0.2) is 75.5 Å². The van der Waals surface area contributed by atoms with Crippen LogP contribution < -0.4 is 15.5 Å². The van der Waals surface area contributed by atoms with Gasteiger partial charge in [-0.2, -0.15) is 0 Å². The molecule has 160 valence electrons. The normalized spacial score (nSPS) is 14.7. The Balaban J connectivity index is 1.51. The van der Waals surface area contributed by atoms with Crippen LogP contribution in [0.1, 0.15) is 5.56 Å². The van der Waals surface area contributed by atoms with Gasteiger partial charge < -0.3 is 25.3 Å². The van der Waals surface area contributed by atoms with Crippen LogP contribution in [0.4, 0.5) is 11.4 Å². The minimum atomic E-state index is -0.0165. The first-order valence-corrected chi connectivity index (χ1v) is 10.3. The first-order valence-electron chi connectivity index (χ1n) is 10.3. The number of aliphatic imine (C=N–C) groups is 1. The smallest absolute Gasteiger partial charge is 0.238 e. The van der Waals surface area contributed by atoms with Gasteiger partial charge in [-0.3, -0.25) is 9.79 Å². The van der Waals surface area contributed by atoms with Gasteiger partial charge >= 0.3 is 0 Å². The number of hydrogen-bond acceptors (Lipinski definition) is 4. The van der Waals surface area contributed by atoms with Crippen molar-refractivity contribution in [3.05, 3.63) is 60.2 Å². The minimum absolute atomic E-state index is 0.0165. The standard InChI is InChI=1S/C23H32N6O/c1-24-23(29-14-12-28(13-15-29)21-10-5-4-6-11-21)25-17-19-8-7-9-20(16-19)26-22(30)18-27(2)3/h4-11,16H,12-15,17-18H2,1-3H3,(H,24,25)(H,26,30). The summed E-state index contributed by atoms with van der Waals surface area (Å²) in [5.74, 6) is 0.891. The Bertz CT molecular complexity index is 844. The fourth-order valence-corrected chi connectivity index (χ4v) is 3.58. The zero-order chi connectivity index (χ0) is 21.3. The molecule has 7 nitrogen and oxygen atoms in total. The number of benzene rings is 2. The Hall–Kier alpha value is -3.06. The van der Waals surface area contributed by atoms with Gasteiger partial charge in [-0.15, -0.1) is 0 Å². The average Bonchev–Trinajstić information content (AvgIpc) is 2.75. The lowest BCUT2D eigenvalue weighted by Gasteiger charge is -2.37. The number of nitrogens with one attached hydrogen (secondary N) is 2. The molecule has 0 aromatic heterocycles. The molecule has 2 aromatic rings. The molecule has 1 aliphatic heterocycles. The topological polar surface area (TPSA) is 63.2 Å². The van der Waals surface area contributed by atoms with Crippen LogP contribution >= 0.6 is 0 Å². The number of piperazine rings is 1. The monoisotopic (exact) mass is 408 g/mol. The molecule has 1 saturated heterocycles. The predicted molar refractivity (Wildman–Crippen MR) is 124 cm³/mol. The third-order valence-electron chi connectivity index (χ3n) is 5.03. The first kappa shape index (κ1) is 21.6. The lowest BCUT2D eigenvalue weighted by Crippen LogP contribution is -2.52. The molecule has 1 heterocycles. The van der Waals surface area contributed by atoms with Crippen LogP contribution in [0.15, 0.2) is 59.6 Å². The van der Waals surface area contributed by atoms with E-state index in [4.69, 9.17) is 0 Å². The Kier molecular flexibility index (Phi) is 7.68. The van der Waals surface area contributed by atoms with Gasteiger partial charge in [-0.25, -0.2) is 0 Å². The molecule has 2 aromatic carbocycles. The van der Waals surface area contributed by atoms with Gasteiger partial charge in [-0.05, 0) is 43.9 Å². The van der Waals surface area contributed by atoms with Crippen molar-refractivity contribution in [2.24, 2.45) is 4.99 Å². The van der Waals surface area contributed by atoms with E-state index < -0.39 is 0 Å². The summed E-state index contributed by atoms with van der Waals surface area (Å²) in [7, 11) is 5.58. The molecule has 0 atom stereocenters. The van der Waals surface area contributed by atoms with E-state index in [2.05, 4.69) is 55.8 Å². The molecule has 1 aliphatic rings. The van der Waals surface area contributed by atoms with Crippen molar-refractivity contribution in [2.45, 2.75) is 6.54 Å². The first-order chi connectivity index (χ1) is 14.5. The number of hydrogen-bond donors (Lipinski definition) is 2. The van der Waals surface area contributed by atoms with Gasteiger partial charge in [0.2, 0.25) is 5.91 Å². The number of nitrogens with zero attached hydrogens (tertiary/aromatic N) is 4. The molecular weight excluding hydrogens is 376 g/mol. The molecule has 0 bridgehead atoms. The highest BCUT2D eigenvalue weighted by Crippen LogP contribution is 2.16. The third-order valence-corrected chi connectivity index (χ3v) is 5.03. The number of rotatable bonds is 6. The number of para-hydroxylation sites is 1. The van der Waals surface area contributed by atoms with E-state index in [1.54, 1.807) is 0 Å². The summed E-state index contributed by atoms with van der Waals surface area (Å²) in [6, 6.07) is 18.5. The number of likely N-dealkylation sites (N-methyl/N-ethyl adjacent to an activating group) is 1.